The van der Waals surface area contributed by atoms with Crippen LogP contribution in [-0.4, -0.2) is 27.2 Å². The summed E-state index contributed by atoms with van der Waals surface area (Å²) in [6, 6.07) is 0.289. The van der Waals surface area contributed by atoms with Crippen LogP contribution in [0, 0.1) is 0 Å². The Kier molecular flexibility index (Phi) is 4.49. The van der Waals surface area contributed by atoms with Crippen LogP contribution in [0.4, 0.5) is 0 Å². The fourth-order valence-corrected chi connectivity index (χ4v) is 1.30. The van der Waals surface area contributed by atoms with Gasteiger partial charge in [0.2, 0.25) is 0 Å². The molecule has 1 aromatic heterocycles. The summed E-state index contributed by atoms with van der Waals surface area (Å²) in [5.41, 5.74) is 0.921. The van der Waals surface area contributed by atoms with Crippen molar-refractivity contribution in [3.8, 4) is 0 Å². The molecule has 0 radical (unpaired) electrons. The van der Waals surface area contributed by atoms with Gasteiger partial charge < -0.3 is 10.4 Å². The fraction of sp³-hybridized carbons (Fsp3) is 0.600. The van der Waals surface area contributed by atoms with Crippen molar-refractivity contribution in [3.63, 3.8) is 0 Å². The molecule has 1 heterocycles. The Hall–Kier alpha value is -1.00. The molecule has 78 valence electrons. The molecule has 1 rings (SSSR count). The summed E-state index contributed by atoms with van der Waals surface area (Å²) in [5.74, 6) is 0. The summed E-state index contributed by atoms with van der Waals surface area (Å²) in [6.45, 7) is 4.53. The molecule has 2 N–H and O–H groups in total. The fourth-order valence-electron chi connectivity index (χ4n) is 1.30. The summed E-state index contributed by atoms with van der Waals surface area (Å²) in [5, 5.41) is 12.4. The third kappa shape index (κ3) is 4.30. The summed E-state index contributed by atoms with van der Waals surface area (Å²) in [7, 11) is 0. The SMILES string of the molecule is CC(O)CC(C)NCc1cnccn1. The number of hydrogen-bond donors (Lipinski definition) is 2. The molecule has 0 bridgehead atoms. The van der Waals surface area contributed by atoms with Gasteiger partial charge in [-0.1, -0.05) is 0 Å². The van der Waals surface area contributed by atoms with Gasteiger partial charge in [0.25, 0.3) is 0 Å². The minimum absolute atomic E-state index is 0.264. The van der Waals surface area contributed by atoms with Gasteiger partial charge in [-0.2, -0.15) is 0 Å². The van der Waals surface area contributed by atoms with Gasteiger partial charge in [-0.25, -0.2) is 0 Å². The summed E-state index contributed by atoms with van der Waals surface area (Å²) < 4.78 is 0. The van der Waals surface area contributed by atoms with E-state index >= 15 is 0 Å². The number of hydrogen-bond acceptors (Lipinski definition) is 4. The van der Waals surface area contributed by atoms with Crippen LogP contribution in [0.25, 0.3) is 0 Å². The molecule has 0 aliphatic carbocycles. The molecule has 4 heteroatoms. The van der Waals surface area contributed by atoms with Gasteiger partial charge in [0.05, 0.1) is 11.8 Å². The molecule has 0 saturated carbocycles. The Bertz CT molecular complexity index is 251. The first-order valence-corrected chi connectivity index (χ1v) is 4.85. The van der Waals surface area contributed by atoms with E-state index in [0.29, 0.717) is 6.54 Å². The van der Waals surface area contributed by atoms with Gasteiger partial charge >= 0.3 is 0 Å². The summed E-state index contributed by atoms with van der Waals surface area (Å²) in [6.07, 6.45) is 5.56. The molecule has 0 saturated heterocycles. The predicted octanol–water partition coefficient (Wildman–Crippen LogP) is 0.726. The van der Waals surface area contributed by atoms with E-state index in [0.717, 1.165) is 12.1 Å². The van der Waals surface area contributed by atoms with Crippen molar-refractivity contribution < 1.29 is 5.11 Å². The average Bonchev–Trinajstić information content (AvgIpc) is 2.15. The molecular weight excluding hydrogens is 178 g/mol. The smallest absolute Gasteiger partial charge is 0.0724 e. The molecule has 0 aliphatic heterocycles. The van der Waals surface area contributed by atoms with Crippen LogP contribution in [0.1, 0.15) is 26.0 Å². The first-order valence-electron chi connectivity index (χ1n) is 4.85. The number of nitrogens with zero attached hydrogens (tertiary/aromatic N) is 2. The quantitative estimate of drug-likeness (QED) is 0.727. The van der Waals surface area contributed by atoms with E-state index in [1.165, 1.54) is 0 Å². The Morgan fingerprint density at radius 1 is 1.43 bits per heavy atom. The molecule has 0 spiro atoms. The van der Waals surface area contributed by atoms with Crippen LogP contribution in [0.2, 0.25) is 0 Å². The number of aromatic nitrogens is 2. The zero-order valence-corrected chi connectivity index (χ0v) is 8.64. The second kappa shape index (κ2) is 5.67. The number of nitrogens with one attached hydrogen (secondary N) is 1. The summed E-state index contributed by atoms with van der Waals surface area (Å²) in [4.78, 5) is 8.11. The van der Waals surface area contributed by atoms with Crippen LogP contribution in [0.3, 0.4) is 0 Å². The number of rotatable bonds is 5. The number of aliphatic hydroxyl groups excluding tert-OH is 1. The standard InChI is InChI=1S/C10H17N3O/c1-8(5-9(2)14)13-7-10-6-11-3-4-12-10/h3-4,6,8-9,13-14H,5,7H2,1-2H3. The van der Waals surface area contributed by atoms with Crippen molar-refractivity contribution in [1.29, 1.82) is 0 Å². The molecule has 4 nitrogen and oxygen atoms in total. The van der Waals surface area contributed by atoms with Crippen molar-refractivity contribution >= 4 is 0 Å². The largest absolute Gasteiger partial charge is 0.393 e. The van der Waals surface area contributed by atoms with Crippen molar-refractivity contribution in [1.82, 2.24) is 15.3 Å². The van der Waals surface area contributed by atoms with E-state index < -0.39 is 0 Å². The molecule has 2 unspecified atom stereocenters. The van der Waals surface area contributed by atoms with E-state index in [1.807, 2.05) is 6.92 Å². The van der Waals surface area contributed by atoms with Gasteiger partial charge in [-0.3, -0.25) is 9.97 Å². The summed E-state index contributed by atoms with van der Waals surface area (Å²) >= 11 is 0. The Balaban J connectivity index is 2.27. The second-order valence-corrected chi connectivity index (χ2v) is 3.56. The zero-order valence-electron chi connectivity index (χ0n) is 8.64. The van der Waals surface area contributed by atoms with Gasteiger partial charge in [0.1, 0.15) is 0 Å². The third-order valence-electron chi connectivity index (χ3n) is 1.94. The first kappa shape index (κ1) is 11.1. The van der Waals surface area contributed by atoms with E-state index in [9.17, 15) is 0 Å². The van der Waals surface area contributed by atoms with E-state index in [-0.39, 0.29) is 12.1 Å². The monoisotopic (exact) mass is 195 g/mol. The highest BCUT2D eigenvalue weighted by molar-refractivity contribution is 4.94. The van der Waals surface area contributed by atoms with Crippen LogP contribution in [0.15, 0.2) is 18.6 Å². The minimum Gasteiger partial charge on any atom is -0.393 e. The lowest BCUT2D eigenvalue weighted by Gasteiger charge is -2.14. The minimum atomic E-state index is -0.264. The van der Waals surface area contributed by atoms with Crippen LogP contribution in [-0.2, 0) is 6.54 Å². The normalized spacial score (nSPS) is 15.1. The highest BCUT2D eigenvalue weighted by Crippen LogP contribution is 1.98. The molecule has 0 aliphatic rings. The third-order valence-corrected chi connectivity index (χ3v) is 1.94. The van der Waals surface area contributed by atoms with Crippen molar-refractivity contribution in [3.05, 3.63) is 24.3 Å². The lowest BCUT2D eigenvalue weighted by Crippen LogP contribution is -2.29. The molecule has 14 heavy (non-hydrogen) atoms. The second-order valence-electron chi connectivity index (χ2n) is 3.56. The van der Waals surface area contributed by atoms with Crippen LogP contribution in [0.5, 0.6) is 0 Å². The first-order chi connectivity index (χ1) is 6.68. The number of aliphatic hydroxyl groups is 1. The van der Waals surface area contributed by atoms with Crippen molar-refractivity contribution in [2.24, 2.45) is 0 Å². The topological polar surface area (TPSA) is 58.0 Å². The Labute approximate surface area is 84.4 Å². The zero-order chi connectivity index (χ0) is 10.4. The van der Waals surface area contributed by atoms with Gasteiger partial charge in [-0.15, -0.1) is 0 Å². The predicted molar refractivity (Wildman–Crippen MR) is 54.6 cm³/mol. The van der Waals surface area contributed by atoms with Crippen molar-refractivity contribution in [2.75, 3.05) is 0 Å². The van der Waals surface area contributed by atoms with Crippen LogP contribution >= 0.6 is 0 Å². The van der Waals surface area contributed by atoms with Crippen LogP contribution < -0.4 is 5.32 Å². The van der Waals surface area contributed by atoms with Gasteiger partial charge in [0.15, 0.2) is 0 Å². The van der Waals surface area contributed by atoms with E-state index in [4.69, 9.17) is 5.11 Å². The maximum atomic E-state index is 9.15. The van der Waals surface area contributed by atoms with Gasteiger partial charge in [0, 0.05) is 31.2 Å². The highest BCUT2D eigenvalue weighted by Gasteiger charge is 2.05. The lowest BCUT2D eigenvalue weighted by molar-refractivity contribution is 0.170. The Morgan fingerprint density at radius 3 is 2.79 bits per heavy atom. The molecular formula is C10H17N3O. The average molecular weight is 195 g/mol. The maximum absolute atomic E-state index is 9.15. The van der Waals surface area contributed by atoms with E-state index in [1.54, 1.807) is 25.5 Å². The molecule has 0 fully saturated rings. The van der Waals surface area contributed by atoms with E-state index in [2.05, 4.69) is 15.3 Å². The highest BCUT2D eigenvalue weighted by atomic mass is 16.3. The van der Waals surface area contributed by atoms with Crippen molar-refractivity contribution in [2.45, 2.75) is 39.0 Å². The molecule has 1 aromatic rings. The van der Waals surface area contributed by atoms with Gasteiger partial charge in [-0.05, 0) is 20.3 Å². The lowest BCUT2D eigenvalue weighted by atomic mass is 10.1. The molecule has 0 amide bonds. The molecule has 0 aromatic carbocycles. The molecule has 2 atom stereocenters. The maximum Gasteiger partial charge on any atom is 0.0724 e. The Morgan fingerprint density at radius 2 is 2.21 bits per heavy atom.